The molecule has 0 aliphatic rings. The molecule has 2 aromatic rings. The first-order valence-electron chi connectivity index (χ1n) is 7.03. The Hall–Kier alpha value is -2.36. The number of methoxy groups -OCH3 is 1. The minimum absolute atomic E-state index is 0.101. The van der Waals surface area contributed by atoms with Gasteiger partial charge in [0, 0.05) is 11.3 Å². The Labute approximate surface area is 125 Å². The Morgan fingerprint density at radius 3 is 2.67 bits per heavy atom. The van der Waals surface area contributed by atoms with Crippen LogP contribution in [0.25, 0.3) is 0 Å². The third-order valence-corrected chi connectivity index (χ3v) is 3.35. The monoisotopic (exact) mass is 284 g/mol. The second kappa shape index (κ2) is 6.88. The number of hydrogen-bond donors (Lipinski definition) is 1. The number of nitrogens with one attached hydrogen (secondary N) is 1. The highest BCUT2D eigenvalue weighted by atomic mass is 16.5. The number of benzene rings is 1. The fraction of sp³-hybridized carbons (Fsp3) is 0.294. The smallest absolute Gasteiger partial charge is 0.270 e. The maximum atomic E-state index is 12.3. The third-order valence-electron chi connectivity index (χ3n) is 3.35. The van der Waals surface area contributed by atoms with Gasteiger partial charge in [0.2, 0.25) is 0 Å². The van der Waals surface area contributed by atoms with Gasteiger partial charge in [-0.2, -0.15) is 0 Å². The van der Waals surface area contributed by atoms with Crippen LogP contribution in [0.5, 0.6) is 5.75 Å². The number of para-hydroxylation sites is 1. The van der Waals surface area contributed by atoms with Gasteiger partial charge in [-0.05, 0) is 31.5 Å². The predicted octanol–water partition coefficient (Wildman–Crippen LogP) is 3.28. The average molecular weight is 284 g/mol. The van der Waals surface area contributed by atoms with Crippen LogP contribution in [0.1, 0.15) is 41.1 Å². The zero-order chi connectivity index (χ0) is 15.2. The third kappa shape index (κ3) is 3.60. The first-order chi connectivity index (χ1) is 10.2. The topological polar surface area (TPSA) is 51.2 Å². The van der Waals surface area contributed by atoms with E-state index in [0.717, 1.165) is 23.4 Å². The Morgan fingerprint density at radius 1 is 1.24 bits per heavy atom. The summed E-state index contributed by atoms with van der Waals surface area (Å²) in [4.78, 5) is 16.6. The van der Waals surface area contributed by atoms with Gasteiger partial charge in [0.15, 0.2) is 0 Å². The number of aryl methyl sites for hydroxylation is 1. The van der Waals surface area contributed by atoms with Crippen molar-refractivity contribution in [2.75, 3.05) is 7.11 Å². The maximum Gasteiger partial charge on any atom is 0.270 e. The molecule has 1 atom stereocenters. The SMILES string of the molecule is CC[C@H](NC(=O)c1cccc(C)n1)c1ccccc1OC. The van der Waals surface area contributed by atoms with Gasteiger partial charge >= 0.3 is 0 Å². The summed E-state index contributed by atoms with van der Waals surface area (Å²) in [6, 6.07) is 13.0. The number of pyridine rings is 1. The minimum Gasteiger partial charge on any atom is -0.496 e. The molecule has 4 nitrogen and oxygen atoms in total. The van der Waals surface area contributed by atoms with Gasteiger partial charge in [-0.25, -0.2) is 4.98 Å². The van der Waals surface area contributed by atoms with E-state index in [9.17, 15) is 4.79 Å². The quantitative estimate of drug-likeness (QED) is 0.916. The number of ether oxygens (including phenoxy) is 1. The first kappa shape index (κ1) is 15.0. The molecule has 1 amide bonds. The molecule has 0 saturated heterocycles. The molecular formula is C17H20N2O2. The molecule has 0 spiro atoms. The molecule has 0 aliphatic carbocycles. The summed E-state index contributed by atoms with van der Waals surface area (Å²) in [6.07, 6.45) is 0.776. The van der Waals surface area contributed by atoms with Gasteiger partial charge in [-0.15, -0.1) is 0 Å². The minimum atomic E-state index is -0.170. The van der Waals surface area contributed by atoms with Crippen molar-refractivity contribution in [1.29, 1.82) is 0 Å². The van der Waals surface area contributed by atoms with Crippen LogP contribution in [-0.2, 0) is 0 Å². The fourth-order valence-corrected chi connectivity index (χ4v) is 2.26. The van der Waals surface area contributed by atoms with Gasteiger partial charge in [0.05, 0.1) is 13.2 Å². The van der Waals surface area contributed by atoms with Gasteiger partial charge < -0.3 is 10.1 Å². The normalized spacial score (nSPS) is 11.8. The Balaban J connectivity index is 2.21. The van der Waals surface area contributed by atoms with E-state index in [1.165, 1.54) is 0 Å². The number of aromatic nitrogens is 1. The molecule has 4 heteroatoms. The van der Waals surface area contributed by atoms with Crippen LogP contribution in [0.4, 0.5) is 0 Å². The van der Waals surface area contributed by atoms with Crippen molar-refractivity contribution in [3.8, 4) is 5.75 Å². The number of carbonyl (C=O) groups is 1. The Morgan fingerprint density at radius 2 is 2.00 bits per heavy atom. The molecule has 0 fully saturated rings. The molecule has 110 valence electrons. The van der Waals surface area contributed by atoms with Crippen molar-refractivity contribution in [3.05, 3.63) is 59.4 Å². The molecule has 0 unspecified atom stereocenters. The number of rotatable bonds is 5. The van der Waals surface area contributed by atoms with Crippen LogP contribution in [0, 0.1) is 6.92 Å². The van der Waals surface area contributed by atoms with Gasteiger partial charge in [-0.3, -0.25) is 4.79 Å². The molecule has 0 bridgehead atoms. The second-order valence-corrected chi connectivity index (χ2v) is 4.84. The van der Waals surface area contributed by atoms with Crippen molar-refractivity contribution < 1.29 is 9.53 Å². The van der Waals surface area contributed by atoms with Crippen molar-refractivity contribution in [1.82, 2.24) is 10.3 Å². The van der Waals surface area contributed by atoms with Crippen molar-refractivity contribution in [2.45, 2.75) is 26.3 Å². The summed E-state index contributed by atoms with van der Waals surface area (Å²) in [6.45, 7) is 3.90. The van der Waals surface area contributed by atoms with Crippen molar-refractivity contribution >= 4 is 5.91 Å². The van der Waals surface area contributed by atoms with Crippen LogP contribution in [0.3, 0.4) is 0 Å². The molecule has 0 aliphatic heterocycles. The maximum absolute atomic E-state index is 12.3. The molecule has 0 radical (unpaired) electrons. The molecule has 1 N–H and O–H groups in total. The van der Waals surface area contributed by atoms with Crippen LogP contribution < -0.4 is 10.1 Å². The molecule has 21 heavy (non-hydrogen) atoms. The number of carbonyl (C=O) groups excluding carboxylic acids is 1. The molecular weight excluding hydrogens is 264 g/mol. The highest BCUT2D eigenvalue weighted by Gasteiger charge is 2.18. The van der Waals surface area contributed by atoms with Crippen LogP contribution in [0.2, 0.25) is 0 Å². The van der Waals surface area contributed by atoms with E-state index >= 15 is 0 Å². The van der Waals surface area contributed by atoms with E-state index in [4.69, 9.17) is 4.74 Å². The second-order valence-electron chi connectivity index (χ2n) is 4.84. The molecule has 1 aromatic carbocycles. The first-order valence-corrected chi connectivity index (χ1v) is 7.03. The predicted molar refractivity (Wildman–Crippen MR) is 82.5 cm³/mol. The number of amides is 1. The van der Waals surface area contributed by atoms with E-state index in [0.29, 0.717) is 5.69 Å². The van der Waals surface area contributed by atoms with E-state index in [-0.39, 0.29) is 11.9 Å². The van der Waals surface area contributed by atoms with Crippen LogP contribution in [-0.4, -0.2) is 18.0 Å². The summed E-state index contributed by atoms with van der Waals surface area (Å²) in [5, 5.41) is 3.02. The zero-order valence-corrected chi connectivity index (χ0v) is 12.6. The lowest BCUT2D eigenvalue weighted by atomic mass is 10.0. The molecule has 1 heterocycles. The molecule has 0 saturated carbocycles. The van der Waals surface area contributed by atoms with Crippen molar-refractivity contribution in [3.63, 3.8) is 0 Å². The van der Waals surface area contributed by atoms with Gasteiger partial charge in [0.25, 0.3) is 5.91 Å². The lowest BCUT2D eigenvalue weighted by Gasteiger charge is -2.19. The van der Waals surface area contributed by atoms with Crippen LogP contribution >= 0.6 is 0 Å². The standard InChI is InChI=1S/C17H20N2O2/c1-4-14(13-9-5-6-11-16(13)21-3)19-17(20)15-10-7-8-12(2)18-15/h5-11,14H,4H2,1-3H3,(H,19,20)/t14-/m0/s1. The lowest BCUT2D eigenvalue weighted by Crippen LogP contribution is -2.29. The zero-order valence-electron chi connectivity index (χ0n) is 12.6. The highest BCUT2D eigenvalue weighted by Crippen LogP contribution is 2.26. The van der Waals surface area contributed by atoms with Crippen LogP contribution in [0.15, 0.2) is 42.5 Å². The van der Waals surface area contributed by atoms with E-state index < -0.39 is 0 Å². The van der Waals surface area contributed by atoms with Gasteiger partial charge in [-0.1, -0.05) is 31.2 Å². The molecule has 1 aromatic heterocycles. The summed E-state index contributed by atoms with van der Waals surface area (Å²) in [5.74, 6) is 0.610. The summed E-state index contributed by atoms with van der Waals surface area (Å²) < 4.78 is 5.37. The number of hydrogen-bond acceptors (Lipinski definition) is 3. The summed E-state index contributed by atoms with van der Waals surface area (Å²) in [5.41, 5.74) is 2.24. The Bertz CT molecular complexity index is 626. The fourth-order valence-electron chi connectivity index (χ4n) is 2.26. The van der Waals surface area contributed by atoms with E-state index in [1.54, 1.807) is 13.2 Å². The highest BCUT2D eigenvalue weighted by molar-refractivity contribution is 5.92. The number of nitrogens with zero attached hydrogens (tertiary/aromatic N) is 1. The summed E-state index contributed by atoms with van der Waals surface area (Å²) >= 11 is 0. The summed E-state index contributed by atoms with van der Waals surface area (Å²) in [7, 11) is 1.63. The lowest BCUT2D eigenvalue weighted by molar-refractivity contribution is 0.0930. The molecule has 2 rings (SSSR count). The average Bonchev–Trinajstić information content (AvgIpc) is 2.52. The van der Waals surface area contributed by atoms with E-state index in [1.807, 2.05) is 50.2 Å². The largest absolute Gasteiger partial charge is 0.496 e. The van der Waals surface area contributed by atoms with Gasteiger partial charge in [0.1, 0.15) is 11.4 Å². The van der Waals surface area contributed by atoms with Crippen molar-refractivity contribution in [2.24, 2.45) is 0 Å². The van der Waals surface area contributed by atoms with E-state index in [2.05, 4.69) is 10.3 Å². The Kier molecular flexibility index (Phi) is 4.93.